The number of primary amides is 1. The largest absolute Gasteiger partial charge is 0.448 e. The number of nitrogen functional groups attached to an aromatic ring is 1. The lowest BCUT2D eigenvalue weighted by atomic mass is 10.3. The van der Waals surface area contributed by atoms with Gasteiger partial charge in [0.05, 0.1) is 11.9 Å². The van der Waals surface area contributed by atoms with Crippen molar-refractivity contribution in [1.82, 2.24) is 9.97 Å². The van der Waals surface area contributed by atoms with E-state index < -0.39 is 6.09 Å². The molecule has 0 spiro atoms. The van der Waals surface area contributed by atoms with E-state index in [4.69, 9.17) is 11.6 Å². The van der Waals surface area contributed by atoms with E-state index in [0.717, 1.165) is 16.6 Å². The van der Waals surface area contributed by atoms with Gasteiger partial charge in [-0.1, -0.05) is 6.92 Å². The summed E-state index contributed by atoms with van der Waals surface area (Å²) < 4.78 is 4.65. The molecule has 0 aliphatic rings. The molecule has 9 heteroatoms. The number of thiophene rings is 1. The van der Waals surface area contributed by atoms with Crippen molar-refractivity contribution in [3.63, 3.8) is 0 Å². The number of aryl methyl sites for hydroxylation is 1. The van der Waals surface area contributed by atoms with E-state index in [1.165, 1.54) is 4.88 Å². The number of fused-ring (bicyclic) bond motifs is 1. The Morgan fingerprint density at radius 2 is 2.30 bits per heavy atom. The zero-order chi connectivity index (χ0) is 14.5. The van der Waals surface area contributed by atoms with Crippen molar-refractivity contribution in [2.24, 2.45) is 11.6 Å². The maximum Gasteiger partial charge on any atom is 0.404 e. The first-order valence-corrected chi connectivity index (χ1v) is 6.89. The minimum atomic E-state index is -0.798. The second kappa shape index (κ2) is 6.35. The number of anilines is 2. The summed E-state index contributed by atoms with van der Waals surface area (Å²) in [5.41, 5.74) is 7.32. The van der Waals surface area contributed by atoms with Gasteiger partial charge >= 0.3 is 6.09 Å². The van der Waals surface area contributed by atoms with Gasteiger partial charge < -0.3 is 15.8 Å². The molecule has 0 aliphatic heterocycles. The molecule has 2 heterocycles. The number of carbonyl (C=O) groups excluding carboxylic acids is 1. The molecule has 0 saturated heterocycles. The van der Waals surface area contributed by atoms with Crippen molar-refractivity contribution in [2.75, 3.05) is 23.9 Å². The van der Waals surface area contributed by atoms with E-state index in [0.29, 0.717) is 18.3 Å². The van der Waals surface area contributed by atoms with E-state index in [2.05, 4.69) is 32.4 Å². The summed E-state index contributed by atoms with van der Waals surface area (Å²) in [5, 5.41) is 4.00. The Balaban J connectivity index is 2.20. The molecule has 20 heavy (non-hydrogen) atoms. The summed E-state index contributed by atoms with van der Waals surface area (Å²) in [6, 6.07) is 2.04. The molecule has 2 rings (SSSR count). The van der Waals surface area contributed by atoms with Crippen LogP contribution < -0.4 is 22.3 Å². The maximum absolute atomic E-state index is 10.5. The molecule has 0 bridgehead atoms. The SMILES string of the molecule is CCc1cc2c(NCCOC(N)=O)nc(NN)nc2s1. The van der Waals surface area contributed by atoms with Gasteiger partial charge in [-0.3, -0.25) is 5.43 Å². The first kappa shape index (κ1) is 14.3. The van der Waals surface area contributed by atoms with Crippen LogP contribution in [-0.4, -0.2) is 29.2 Å². The van der Waals surface area contributed by atoms with Crippen LogP contribution in [0.1, 0.15) is 11.8 Å². The lowest BCUT2D eigenvalue weighted by Gasteiger charge is -2.08. The number of carbonyl (C=O) groups is 1. The number of amides is 1. The fourth-order valence-corrected chi connectivity index (χ4v) is 2.63. The predicted molar refractivity (Wildman–Crippen MR) is 78.6 cm³/mol. The minimum Gasteiger partial charge on any atom is -0.448 e. The number of ether oxygens (including phenoxy) is 1. The lowest BCUT2D eigenvalue weighted by Crippen LogP contribution is -2.19. The Bertz CT molecular complexity index is 614. The van der Waals surface area contributed by atoms with Gasteiger partial charge in [0, 0.05) is 4.88 Å². The van der Waals surface area contributed by atoms with Crippen LogP contribution in [0.25, 0.3) is 10.2 Å². The van der Waals surface area contributed by atoms with Gasteiger partial charge in [0.25, 0.3) is 0 Å². The highest BCUT2D eigenvalue weighted by atomic mass is 32.1. The molecule has 2 aromatic heterocycles. The third kappa shape index (κ3) is 3.25. The van der Waals surface area contributed by atoms with Crippen molar-refractivity contribution >= 4 is 39.4 Å². The number of nitrogens with zero attached hydrogens (tertiary/aromatic N) is 2. The van der Waals surface area contributed by atoms with Crippen LogP contribution in [0.2, 0.25) is 0 Å². The molecule has 0 atom stereocenters. The molecule has 6 N–H and O–H groups in total. The van der Waals surface area contributed by atoms with Gasteiger partial charge in [0.15, 0.2) is 0 Å². The monoisotopic (exact) mass is 296 g/mol. The molecule has 0 radical (unpaired) electrons. The third-order valence-corrected chi connectivity index (χ3v) is 3.73. The summed E-state index contributed by atoms with van der Waals surface area (Å²) >= 11 is 1.59. The van der Waals surface area contributed by atoms with Gasteiger partial charge in [-0.15, -0.1) is 11.3 Å². The van der Waals surface area contributed by atoms with Gasteiger partial charge in [0.2, 0.25) is 5.95 Å². The standard InChI is InChI=1S/C11H16N6O2S/c1-2-6-5-7-8(14-3-4-19-10(12)18)15-11(17-13)16-9(7)20-6/h5H,2-4,13H2,1H3,(H2,12,18)(H2,14,15,16,17). The summed E-state index contributed by atoms with van der Waals surface area (Å²) in [5.74, 6) is 6.34. The van der Waals surface area contributed by atoms with Crippen LogP contribution in [0.5, 0.6) is 0 Å². The number of nitrogens with one attached hydrogen (secondary N) is 2. The number of rotatable bonds is 6. The van der Waals surface area contributed by atoms with Gasteiger partial charge in [-0.25, -0.2) is 15.6 Å². The first-order valence-electron chi connectivity index (χ1n) is 6.07. The topological polar surface area (TPSA) is 128 Å². The highest BCUT2D eigenvalue weighted by Crippen LogP contribution is 2.30. The van der Waals surface area contributed by atoms with Crippen molar-refractivity contribution < 1.29 is 9.53 Å². The number of hydrazine groups is 1. The van der Waals surface area contributed by atoms with Crippen molar-refractivity contribution in [2.45, 2.75) is 13.3 Å². The van der Waals surface area contributed by atoms with E-state index >= 15 is 0 Å². The lowest BCUT2D eigenvalue weighted by molar-refractivity contribution is 0.161. The Morgan fingerprint density at radius 3 is 2.95 bits per heavy atom. The number of nitrogens with two attached hydrogens (primary N) is 2. The van der Waals surface area contributed by atoms with Gasteiger partial charge in [-0.05, 0) is 12.5 Å². The summed E-state index contributed by atoms with van der Waals surface area (Å²) in [4.78, 5) is 21.1. The second-order valence-electron chi connectivity index (χ2n) is 3.92. The van der Waals surface area contributed by atoms with E-state index in [-0.39, 0.29) is 6.61 Å². The van der Waals surface area contributed by atoms with Crippen LogP contribution in [0.15, 0.2) is 6.07 Å². The highest BCUT2D eigenvalue weighted by molar-refractivity contribution is 7.18. The fourth-order valence-electron chi connectivity index (χ4n) is 1.67. The molecule has 108 valence electrons. The molecule has 0 saturated carbocycles. The van der Waals surface area contributed by atoms with Crippen LogP contribution in [0.3, 0.4) is 0 Å². The van der Waals surface area contributed by atoms with Gasteiger partial charge in [-0.2, -0.15) is 4.98 Å². The van der Waals surface area contributed by atoms with Crippen LogP contribution in [0.4, 0.5) is 16.6 Å². The number of hydrogen-bond donors (Lipinski definition) is 4. The number of hydrogen-bond acceptors (Lipinski definition) is 8. The van der Waals surface area contributed by atoms with Crippen molar-refractivity contribution in [1.29, 1.82) is 0 Å². The summed E-state index contributed by atoms with van der Waals surface area (Å²) in [7, 11) is 0. The van der Waals surface area contributed by atoms with Gasteiger partial charge in [0.1, 0.15) is 17.3 Å². The quantitative estimate of drug-likeness (QED) is 0.356. The zero-order valence-corrected chi connectivity index (χ0v) is 11.8. The second-order valence-corrected chi connectivity index (χ2v) is 5.03. The van der Waals surface area contributed by atoms with E-state index in [1.54, 1.807) is 11.3 Å². The third-order valence-electron chi connectivity index (χ3n) is 2.56. The van der Waals surface area contributed by atoms with Crippen LogP contribution in [-0.2, 0) is 11.2 Å². The predicted octanol–water partition coefficient (Wildman–Crippen LogP) is 1.05. The van der Waals surface area contributed by atoms with Crippen molar-refractivity contribution in [3.8, 4) is 0 Å². The maximum atomic E-state index is 10.5. The zero-order valence-electron chi connectivity index (χ0n) is 11.0. The van der Waals surface area contributed by atoms with Crippen LogP contribution in [0, 0.1) is 0 Å². The molecule has 0 unspecified atom stereocenters. The molecule has 8 nitrogen and oxygen atoms in total. The number of aromatic nitrogens is 2. The fraction of sp³-hybridized carbons (Fsp3) is 0.364. The molecular formula is C11H16N6O2S. The normalized spacial score (nSPS) is 10.5. The van der Waals surface area contributed by atoms with E-state index in [9.17, 15) is 4.79 Å². The van der Waals surface area contributed by atoms with Crippen LogP contribution >= 0.6 is 11.3 Å². The molecular weight excluding hydrogens is 280 g/mol. The Labute approximate surface area is 119 Å². The summed E-state index contributed by atoms with van der Waals surface area (Å²) in [6.45, 7) is 2.64. The Morgan fingerprint density at radius 1 is 1.50 bits per heavy atom. The highest BCUT2D eigenvalue weighted by Gasteiger charge is 2.10. The average molecular weight is 296 g/mol. The molecule has 0 aliphatic carbocycles. The molecule has 2 aromatic rings. The van der Waals surface area contributed by atoms with Crippen molar-refractivity contribution in [3.05, 3.63) is 10.9 Å². The molecule has 0 aromatic carbocycles. The minimum absolute atomic E-state index is 0.164. The van der Waals surface area contributed by atoms with E-state index in [1.807, 2.05) is 6.07 Å². The summed E-state index contributed by atoms with van der Waals surface area (Å²) in [6.07, 6.45) is 0.129. The first-order chi connectivity index (χ1) is 9.63. The smallest absolute Gasteiger partial charge is 0.404 e. The molecule has 1 amide bonds. The molecule has 0 fully saturated rings. The Hall–Kier alpha value is -2.13. The Kier molecular flexibility index (Phi) is 4.53. The average Bonchev–Trinajstić information content (AvgIpc) is 2.86.